The molecule has 1 aromatic heterocycles. The van der Waals surface area contributed by atoms with Gasteiger partial charge in [-0.1, -0.05) is 19.1 Å². The van der Waals surface area contributed by atoms with E-state index >= 15 is 0 Å². The summed E-state index contributed by atoms with van der Waals surface area (Å²) < 4.78 is 0. The maximum Gasteiger partial charge on any atom is 0.258 e. The summed E-state index contributed by atoms with van der Waals surface area (Å²) in [5.74, 6) is 1.45. The highest BCUT2D eigenvalue weighted by atomic mass is 16.1. The van der Waals surface area contributed by atoms with Gasteiger partial charge in [0.2, 0.25) is 0 Å². The van der Waals surface area contributed by atoms with Gasteiger partial charge in [-0.2, -0.15) is 0 Å². The van der Waals surface area contributed by atoms with Crippen molar-refractivity contribution in [2.75, 3.05) is 19.6 Å². The third-order valence-corrected chi connectivity index (χ3v) is 3.62. The van der Waals surface area contributed by atoms with Crippen LogP contribution in [0.4, 0.5) is 0 Å². The van der Waals surface area contributed by atoms with Crippen molar-refractivity contribution in [2.24, 2.45) is 5.92 Å². The number of hydrogen-bond acceptors (Lipinski definition) is 3. The number of hydrogen-bond donors (Lipinski definition) is 1. The van der Waals surface area contributed by atoms with Gasteiger partial charge in [0.25, 0.3) is 5.56 Å². The zero-order valence-corrected chi connectivity index (χ0v) is 10.5. The summed E-state index contributed by atoms with van der Waals surface area (Å²) in [7, 11) is 0. The Morgan fingerprint density at radius 3 is 2.94 bits per heavy atom. The number of aromatic amines is 1. The molecule has 1 saturated heterocycles. The van der Waals surface area contributed by atoms with Gasteiger partial charge < -0.3 is 9.88 Å². The van der Waals surface area contributed by atoms with Crippen LogP contribution in [-0.4, -0.2) is 34.5 Å². The highest BCUT2D eigenvalue weighted by Gasteiger charge is 2.25. The molecule has 0 amide bonds. The highest BCUT2D eigenvalue weighted by molar-refractivity contribution is 5.77. The van der Waals surface area contributed by atoms with Crippen LogP contribution in [0.1, 0.15) is 12.7 Å². The minimum atomic E-state index is -0.0257. The maximum absolute atomic E-state index is 11.9. The number of nitrogens with zero attached hydrogens (tertiary/aromatic N) is 2. The van der Waals surface area contributed by atoms with Gasteiger partial charge in [-0.15, -0.1) is 0 Å². The second kappa shape index (κ2) is 4.53. The fraction of sp³-hybridized carbons (Fsp3) is 0.429. The van der Waals surface area contributed by atoms with E-state index < -0.39 is 0 Å². The predicted octanol–water partition coefficient (Wildman–Crippen LogP) is 1.42. The van der Waals surface area contributed by atoms with Crippen molar-refractivity contribution >= 4 is 10.9 Å². The summed E-state index contributed by atoms with van der Waals surface area (Å²) in [6.07, 6.45) is 0.872. The molecule has 0 bridgehead atoms. The van der Waals surface area contributed by atoms with Gasteiger partial charge in [-0.3, -0.25) is 4.79 Å². The molecule has 18 heavy (non-hydrogen) atoms. The molecule has 1 aliphatic rings. The average Bonchev–Trinajstić information content (AvgIpc) is 2.33. The van der Waals surface area contributed by atoms with Crippen LogP contribution in [0.2, 0.25) is 0 Å². The quantitative estimate of drug-likeness (QED) is 0.887. The Kier molecular flexibility index (Phi) is 2.88. The molecular formula is C14H17N3O. The summed E-state index contributed by atoms with van der Waals surface area (Å²) in [6.45, 7) is 5.52. The molecule has 2 heterocycles. The topological polar surface area (TPSA) is 49.0 Å². The van der Waals surface area contributed by atoms with E-state index in [4.69, 9.17) is 0 Å². The monoisotopic (exact) mass is 243 g/mol. The summed E-state index contributed by atoms with van der Waals surface area (Å²) >= 11 is 0. The lowest BCUT2D eigenvalue weighted by Crippen LogP contribution is -2.47. The van der Waals surface area contributed by atoms with E-state index in [2.05, 4.69) is 21.8 Å². The summed E-state index contributed by atoms with van der Waals surface area (Å²) in [4.78, 5) is 21.7. The van der Waals surface area contributed by atoms with Gasteiger partial charge in [-0.05, 0) is 24.6 Å². The smallest absolute Gasteiger partial charge is 0.258 e. The van der Waals surface area contributed by atoms with Gasteiger partial charge in [0.05, 0.1) is 10.9 Å². The zero-order chi connectivity index (χ0) is 12.5. The number of rotatable bonds is 3. The van der Waals surface area contributed by atoms with E-state index in [-0.39, 0.29) is 5.56 Å². The minimum Gasteiger partial charge on any atom is -0.310 e. The van der Waals surface area contributed by atoms with E-state index in [9.17, 15) is 4.79 Å². The molecule has 0 unspecified atom stereocenters. The number of aromatic nitrogens is 2. The van der Waals surface area contributed by atoms with Crippen molar-refractivity contribution in [3.8, 4) is 0 Å². The molecule has 4 heteroatoms. The number of H-pyrrole nitrogens is 1. The van der Waals surface area contributed by atoms with Crippen molar-refractivity contribution in [1.29, 1.82) is 0 Å². The van der Waals surface area contributed by atoms with Gasteiger partial charge in [-0.25, -0.2) is 4.98 Å². The van der Waals surface area contributed by atoms with Gasteiger partial charge >= 0.3 is 0 Å². The summed E-state index contributed by atoms with van der Waals surface area (Å²) in [5, 5.41) is 0.671. The Hall–Kier alpha value is -1.68. The van der Waals surface area contributed by atoms with E-state index in [0.29, 0.717) is 11.3 Å². The van der Waals surface area contributed by atoms with Crippen molar-refractivity contribution in [3.05, 3.63) is 40.4 Å². The zero-order valence-electron chi connectivity index (χ0n) is 10.5. The van der Waals surface area contributed by atoms with Crippen LogP contribution in [0.5, 0.6) is 0 Å². The first-order chi connectivity index (χ1) is 8.76. The Balaban J connectivity index is 1.83. The van der Waals surface area contributed by atoms with Crippen LogP contribution < -0.4 is 5.56 Å². The first-order valence-corrected chi connectivity index (χ1v) is 6.46. The number of likely N-dealkylation sites (tertiary alicyclic amines) is 1. The van der Waals surface area contributed by atoms with Gasteiger partial charge in [0, 0.05) is 19.5 Å². The summed E-state index contributed by atoms with van der Waals surface area (Å²) in [5.41, 5.74) is 0.769. The third kappa shape index (κ3) is 2.04. The molecule has 1 N–H and O–H groups in total. The predicted molar refractivity (Wildman–Crippen MR) is 71.7 cm³/mol. The molecule has 0 aliphatic carbocycles. The minimum absolute atomic E-state index is 0.0257. The second-order valence-electron chi connectivity index (χ2n) is 4.95. The molecule has 0 atom stereocenters. The normalized spacial score (nSPS) is 16.9. The molecule has 1 fully saturated rings. The third-order valence-electron chi connectivity index (χ3n) is 3.62. The van der Waals surface area contributed by atoms with Crippen LogP contribution in [-0.2, 0) is 6.42 Å². The molecule has 4 nitrogen and oxygen atoms in total. The Labute approximate surface area is 106 Å². The SMILES string of the molecule is CCN1CC(Cc2nc3ccccc3c(=O)[nH]2)C1. The van der Waals surface area contributed by atoms with Gasteiger partial charge in [0.15, 0.2) is 0 Å². The summed E-state index contributed by atoms with van der Waals surface area (Å²) in [6, 6.07) is 7.49. The highest BCUT2D eigenvalue weighted by Crippen LogP contribution is 2.18. The van der Waals surface area contributed by atoms with Crippen LogP contribution >= 0.6 is 0 Å². The Morgan fingerprint density at radius 1 is 1.39 bits per heavy atom. The first kappa shape index (κ1) is 11.4. The molecule has 0 spiro atoms. The molecule has 1 aliphatic heterocycles. The average molecular weight is 243 g/mol. The molecule has 2 aromatic rings. The van der Waals surface area contributed by atoms with Crippen LogP contribution in [0, 0.1) is 5.92 Å². The molecule has 94 valence electrons. The fourth-order valence-electron chi connectivity index (χ4n) is 2.57. The number of benzene rings is 1. The Morgan fingerprint density at radius 2 is 2.17 bits per heavy atom. The maximum atomic E-state index is 11.9. The molecular weight excluding hydrogens is 226 g/mol. The number of para-hydroxylation sites is 1. The molecule has 0 saturated carbocycles. The van der Waals surface area contributed by atoms with Crippen molar-refractivity contribution in [2.45, 2.75) is 13.3 Å². The van der Waals surface area contributed by atoms with Crippen LogP contribution in [0.3, 0.4) is 0 Å². The fourth-order valence-corrected chi connectivity index (χ4v) is 2.57. The van der Waals surface area contributed by atoms with Crippen LogP contribution in [0.15, 0.2) is 29.1 Å². The second-order valence-corrected chi connectivity index (χ2v) is 4.95. The van der Waals surface area contributed by atoms with Crippen LogP contribution in [0.25, 0.3) is 10.9 Å². The molecule has 3 rings (SSSR count). The lowest BCUT2D eigenvalue weighted by atomic mass is 9.96. The van der Waals surface area contributed by atoms with Crippen molar-refractivity contribution < 1.29 is 0 Å². The Bertz CT molecular complexity index is 614. The number of fused-ring (bicyclic) bond motifs is 1. The van der Waals surface area contributed by atoms with E-state index in [1.165, 1.54) is 0 Å². The van der Waals surface area contributed by atoms with Crippen molar-refractivity contribution in [1.82, 2.24) is 14.9 Å². The van der Waals surface area contributed by atoms with E-state index in [0.717, 1.165) is 37.4 Å². The molecule has 0 radical (unpaired) electrons. The van der Waals surface area contributed by atoms with E-state index in [1.807, 2.05) is 24.3 Å². The standard InChI is InChI=1S/C14H17N3O/c1-2-17-8-10(9-17)7-13-15-12-6-4-3-5-11(12)14(18)16-13/h3-6,10H,2,7-9H2,1H3,(H,15,16,18). The van der Waals surface area contributed by atoms with Gasteiger partial charge in [0.1, 0.15) is 5.82 Å². The van der Waals surface area contributed by atoms with Crippen molar-refractivity contribution in [3.63, 3.8) is 0 Å². The van der Waals surface area contributed by atoms with E-state index in [1.54, 1.807) is 0 Å². The number of nitrogens with one attached hydrogen (secondary N) is 1. The first-order valence-electron chi connectivity index (χ1n) is 6.46. The molecule has 1 aromatic carbocycles. The lowest BCUT2D eigenvalue weighted by Gasteiger charge is -2.38. The largest absolute Gasteiger partial charge is 0.310 e. The lowest BCUT2D eigenvalue weighted by molar-refractivity contribution is 0.106.